The van der Waals surface area contributed by atoms with Gasteiger partial charge in [0, 0.05) is 17.6 Å². The lowest BCUT2D eigenvalue weighted by Crippen LogP contribution is -2.30. The third-order valence-corrected chi connectivity index (χ3v) is 4.05. The number of amides is 1. The van der Waals surface area contributed by atoms with Crippen LogP contribution in [0.5, 0.6) is 0 Å². The molecule has 2 rings (SSSR count). The average Bonchev–Trinajstić information content (AvgIpc) is 2.80. The van der Waals surface area contributed by atoms with Crippen molar-refractivity contribution in [2.45, 2.75) is 6.42 Å². The molecule has 1 fully saturated rings. The van der Waals surface area contributed by atoms with Gasteiger partial charge in [0.25, 0.3) is 5.91 Å². The Kier molecular flexibility index (Phi) is 4.65. The molecule has 1 atom stereocenters. The van der Waals surface area contributed by atoms with Crippen LogP contribution < -0.4 is 5.32 Å². The Balaban J connectivity index is 2.10. The zero-order valence-corrected chi connectivity index (χ0v) is 12.6. The summed E-state index contributed by atoms with van der Waals surface area (Å²) >= 11 is 9.46. The number of halogens is 2. The summed E-state index contributed by atoms with van der Waals surface area (Å²) in [6.45, 7) is 2.58. The number of nitrogens with one attached hydrogen (secondary N) is 1. The molecule has 0 aromatic heterocycles. The molecule has 1 aliphatic rings. The topological polar surface area (TPSA) is 32.3 Å². The van der Waals surface area contributed by atoms with Crippen LogP contribution in [0.15, 0.2) is 22.7 Å². The molecule has 0 saturated carbocycles. The minimum Gasteiger partial charge on any atom is -0.338 e. The average molecular weight is 332 g/mol. The largest absolute Gasteiger partial charge is 0.338 e. The van der Waals surface area contributed by atoms with Crippen LogP contribution >= 0.6 is 27.5 Å². The van der Waals surface area contributed by atoms with E-state index in [1.54, 1.807) is 12.1 Å². The Morgan fingerprint density at radius 1 is 1.61 bits per heavy atom. The second kappa shape index (κ2) is 6.04. The van der Waals surface area contributed by atoms with Crippen molar-refractivity contribution in [2.75, 3.05) is 26.7 Å². The Morgan fingerprint density at radius 3 is 3.11 bits per heavy atom. The third-order valence-electron chi connectivity index (χ3n) is 3.22. The fourth-order valence-electron chi connectivity index (χ4n) is 2.30. The van der Waals surface area contributed by atoms with Gasteiger partial charge in [-0.25, -0.2) is 0 Å². The van der Waals surface area contributed by atoms with Gasteiger partial charge in [-0.1, -0.05) is 27.5 Å². The standard InChI is InChI=1S/C13H16BrClN2O/c1-16-7-9-4-5-17(8-9)13(18)11-6-10(14)2-3-12(11)15/h2-3,6,9,16H,4-5,7-8H2,1H3. The van der Waals surface area contributed by atoms with Crippen molar-refractivity contribution in [1.82, 2.24) is 10.2 Å². The summed E-state index contributed by atoms with van der Waals surface area (Å²) in [7, 11) is 1.94. The maximum atomic E-state index is 12.4. The van der Waals surface area contributed by atoms with Crippen molar-refractivity contribution in [2.24, 2.45) is 5.92 Å². The minimum atomic E-state index is 0.0277. The van der Waals surface area contributed by atoms with Crippen LogP contribution in [-0.2, 0) is 0 Å². The first-order valence-corrected chi connectivity index (χ1v) is 7.18. The Labute approximate surface area is 121 Å². The van der Waals surface area contributed by atoms with E-state index in [1.807, 2.05) is 18.0 Å². The number of hydrogen-bond acceptors (Lipinski definition) is 2. The summed E-state index contributed by atoms with van der Waals surface area (Å²) in [6.07, 6.45) is 1.05. The van der Waals surface area contributed by atoms with Crippen LogP contribution in [0.25, 0.3) is 0 Å². The van der Waals surface area contributed by atoms with Crippen LogP contribution in [0.3, 0.4) is 0 Å². The number of carbonyl (C=O) groups excluding carboxylic acids is 1. The molecule has 1 N–H and O–H groups in total. The first kappa shape index (κ1) is 13.8. The number of benzene rings is 1. The first-order valence-electron chi connectivity index (χ1n) is 6.00. The lowest BCUT2D eigenvalue weighted by atomic mass is 10.1. The summed E-state index contributed by atoms with van der Waals surface area (Å²) in [5.74, 6) is 0.574. The Hall–Kier alpha value is -0.580. The molecular weight excluding hydrogens is 316 g/mol. The molecule has 1 heterocycles. The summed E-state index contributed by atoms with van der Waals surface area (Å²) in [6, 6.07) is 5.38. The smallest absolute Gasteiger partial charge is 0.255 e. The van der Waals surface area contributed by atoms with E-state index < -0.39 is 0 Å². The van der Waals surface area contributed by atoms with E-state index in [2.05, 4.69) is 21.2 Å². The van der Waals surface area contributed by atoms with E-state index in [4.69, 9.17) is 11.6 Å². The molecule has 98 valence electrons. The number of likely N-dealkylation sites (tertiary alicyclic amines) is 1. The Bertz CT molecular complexity index is 453. The van der Waals surface area contributed by atoms with E-state index in [0.717, 1.165) is 30.5 Å². The second-order valence-electron chi connectivity index (χ2n) is 4.59. The molecule has 18 heavy (non-hydrogen) atoms. The van der Waals surface area contributed by atoms with Crippen LogP contribution in [0.1, 0.15) is 16.8 Å². The molecular formula is C13H16BrClN2O. The maximum absolute atomic E-state index is 12.4. The fourth-order valence-corrected chi connectivity index (χ4v) is 2.86. The summed E-state index contributed by atoms with van der Waals surface area (Å²) in [4.78, 5) is 14.3. The van der Waals surface area contributed by atoms with Crippen LogP contribution in [0.2, 0.25) is 5.02 Å². The van der Waals surface area contributed by atoms with Crippen molar-refractivity contribution >= 4 is 33.4 Å². The quantitative estimate of drug-likeness (QED) is 0.924. The van der Waals surface area contributed by atoms with Gasteiger partial charge in [-0.05, 0) is 44.1 Å². The van der Waals surface area contributed by atoms with Crippen molar-refractivity contribution in [1.29, 1.82) is 0 Å². The SMILES string of the molecule is CNCC1CCN(C(=O)c2cc(Br)ccc2Cl)C1. The normalized spacial score (nSPS) is 19.3. The zero-order valence-electron chi connectivity index (χ0n) is 10.2. The molecule has 1 amide bonds. The van der Waals surface area contributed by atoms with Gasteiger partial charge < -0.3 is 10.2 Å². The fraction of sp³-hybridized carbons (Fsp3) is 0.462. The number of hydrogen-bond donors (Lipinski definition) is 1. The van der Waals surface area contributed by atoms with Gasteiger partial charge in [0.2, 0.25) is 0 Å². The molecule has 0 spiro atoms. The predicted molar refractivity (Wildman–Crippen MR) is 77.1 cm³/mol. The number of carbonyl (C=O) groups is 1. The van der Waals surface area contributed by atoms with E-state index in [0.29, 0.717) is 16.5 Å². The van der Waals surface area contributed by atoms with E-state index >= 15 is 0 Å². The van der Waals surface area contributed by atoms with Gasteiger partial charge in [-0.3, -0.25) is 4.79 Å². The van der Waals surface area contributed by atoms with Gasteiger partial charge in [0.1, 0.15) is 0 Å². The van der Waals surface area contributed by atoms with Crippen molar-refractivity contribution in [3.63, 3.8) is 0 Å². The molecule has 1 aliphatic heterocycles. The molecule has 5 heteroatoms. The molecule has 0 radical (unpaired) electrons. The van der Waals surface area contributed by atoms with E-state index in [1.165, 1.54) is 0 Å². The highest BCUT2D eigenvalue weighted by atomic mass is 79.9. The number of nitrogens with zero attached hydrogens (tertiary/aromatic N) is 1. The van der Waals surface area contributed by atoms with Crippen LogP contribution in [0, 0.1) is 5.92 Å². The summed E-state index contributed by atoms with van der Waals surface area (Å²) in [5.41, 5.74) is 0.580. The molecule has 1 unspecified atom stereocenters. The first-order chi connectivity index (χ1) is 8.61. The molecule has 0 bridgehead atoms. The highest BCUT2D eigenvalue weighted by molar-refractivity contribution is 9.10. The highest BCUT2D eigenvalue weighted by Crippen LogP contribution is 2.25. The van der Waals surface area contributed by atoms with Crippen molar-refractivity contribution in [3.05, 3.63) is 33.3 Å². The zero-order chi connectivity index (χ0) is 13.1. The van der Waals surface area contributed by atoms with Crippen molar-refractivity contribution in [3.8, 4) is 0 Å². The van der Waals surface area contributed by atoms with Crippen molar-refractivity contribution < 1.29 is 4.79 Å². The van der Waals surface area contributed by atoms with Gasteiger partial charge in [-0.2, -0.15) is 0 Å². The van der Waals surface area contributed by atoms with Gasteiger partial charge in [-0.15, -0.1) is 0 Å². The minimum absolute atomic E-state index is 0.0277. The van der Waals surface area contributed by atoms with Gasteiger partial charge >= 0.3 is 0 Å². The van der Waals surface area contributed by atoms with Gasteiger partial charge in [0.15, 0.2) is 0 Å². The molecule has 3 nitrogen and oxygen atoms in total. The molecule has 1 aromatic carbocycles. The summed E-state index contributed by atoms with van der Waals surface area (Å²) in [5, 5.41) is 3.67. The third kappa shape index (κ3) is 3.05. The maximum Gasteiger partial charge on any atom is 0.255 e. The molecule has 0 aliphatic carbocycles. The number of rotatable bonds is 3. The van der Waals surface area contributed by atoms with Crippen LogP contribution in [0.4, 0.5) is 0 Å². The van der Waals surface area contributed by atoms with E-state index in [9.17, 15) is 4.79 Å². The lowest BCUT2D eigenvalue weighted by Gasteiger charge is -2.17. The lowest BCUT2D eigenvalue weighted by molar-refractivity contribution is 0.0787. The molecule has 1 aromatic rings. The van der Waals surface area contributed by atoms with Gasteiger partial charge in [0.05, 0.1) is 10.6 Å². The van der Waals surface area contributed by atoms with E-state index in [-0.39, 0.29) is 5.91 Å². The second-order valence-corrected chi connectivity index (χ2v) is 5.91. The predicted octanol–water partition coefficient (Wildman–Crippen LogP) is 2.78. The Morgan fingerprint density at radius 2 is 2.39 bits per heavy atom. The highest BCUT2D eigenvalue weighted by Gasteiger charge is 2.27. The monoisotopic (exact) mass is 330 g/mol. The summed E-state index contributed by atoms with van der Waals surface area (Å²) < 4.78 is 0.876. The van der Waals surface area contributed by atoms with Crippen LogP contribution in [-0.4, -0.2) is 37.5 Å². The molecule has 1 saturated heterocycles.